The molecule has 108 valence electrons. The van der Waals surface area contributed by atoms with Crippen molar-refractivity contribution in [2.24, 2.45) is 0 Å². The molecule has 0 aromatic rings. The van der Waals surface area contributed by atoms with Crippen LogP contribution in [0.15, 0.2) is 0 Å². The fourth-order valence-corrected chi connectivity index (χ4v) is 3.22. The number of ether oxygens (including phenoxy) is 1. The van der Waals surface area contributed by atoms with Crippen LogP contribution in [0.3, 0.4) is 0 Å². The first-order chi connectivity index (χ1) is 8.75. The van der Waals surface area contributed by atoms with Crippen molar-refractivity contribution >= 4 is 0 Å². The number of aliphatic hydroxyl groups excluding tert-OH is 1. The van der Waals surface area contributed by atoms with E-state index in [0.717, 1.165) is 32.3 Å². The summed E-state index contributed by atoms with van der Waals surface area (Å²) in [6, 6.07) is 0. The minimum absolute atomic E-state index is 0.196. The van der Waals surface area contributed by atoms with Crippen LogP contribution >= 0.6 is 0 Å². The minimum Gasteiger partial charge on any atom is -0.390 e. The number of hydrogen-bond donors (Lipinski definition) is 1. The highest BCUT2D eigenvalue weighted by Gasteiger charge is 2.40. The van der Waals surface area contributed by atoms with Crippen molar-refractivity contribution in [3.05, 3.63) is 0 Å². The summed E-state index contributed by atoms with van der Waals surface area (Å²) >= 11 is 0. The van der Waals surface area contributed by atoms with Gasteiger partial charge in [0.25, 0.3) is 0 Å². The molecule has 0 radical (unpaired) electrons. The smallest absolute Gasteiger partial charge is 0.0939 e. The Labute approximate surface area is 113 Å². The molecule has 0 saturated heterocycles. The van der Waals surface area contributed by atoms with Crippen LogP contribution in [0, 0.1) is 0 Å². The maximum Gasteiger partial charge on any atom is 0.0939 e. The molecule has 1 atom stereocenters. The zero-order valence-electron chi connectivity index (χ0n) is 12.4. The van der Waals surface area contributed by atoms with Gasteiger partial charge in [-0.2, -0.15) is 0 Å². The van der Waals surface area contributed by atoms with Crippen LogP contribution in [-0.4, -0.2) is 23.4 Å². The molecule has 1 aliphatic rings. The normalized spacial score (nSPS) is 20.2. The van der Waals surface area contributed by atoms with E-state index in [4.69, 9.17) is 4.74 Å². The van der Waals surface area contributed by atoms with Gasteiger partial charge in [-0.15, -0.1) is 0 Å². The van der Waals surface area contributed by atoms with Crippen molar-refractivity contribution in [3.8, 4) is 0 Å². The predicted molar refractivity (Wildman–Crippen MR) is 76.8 cm³/mol. The second-order valence-electron chi connectivity index (χ2n) is 5.78. The standard InChI is InChI=1S/C16H32O2/c1-3-5-6-7-8-9-12-15(17)16(18-4-2)13-10-11-14-16/h15,17H,3-14H2,1-2H3. The molecule has 0 bridgehead atoms. The lowest BCUT2D eigenvalue weighted by molar-refractivity contribution is -0.119. The van der Waals surface area contributed by atoms with Crippen molar-refractivity contribution in [2.45, 2.75) is 96.2 Å². The van der Waals surface area contributed by atoms with Gasteiger partial charge in [-0.3, -0.25) is 0 Å². The van der Waals surface area contributed by atoms with E-state index in [1.807, 2.05) is 6.92 Å². The zero-order valence-corrected chi connectivity index (χ0v) is 12.4. The summed E-state index contributed by atoms with van der Waals surface area (Å²) in [5, 5.41) is 10.4. The maximum absolute atomic E-state index is 10.4. The Morgan fingerprint density at radius 1 is 1.00 bits per heavy atom. The van der Waals surface area contributed by atoms with Crippen LogP contribution < -0.4 is 0 Å². The molecule has 0 amide bonds. The van der Waals surface area contributed by atoms with Gasteiger partial charge in [0.2, 0.25) is 0 Å². The van der Waals surface area contributed by atoms with E-state index in [9.17, 15) is 5.11 Å². The van der Waals surface area contributed by atoms with Gasteiger partial charge in [0.15, 0.2) is 0 Å². The minimum atomic E-state index is -0.244. The average molecular weight is 256 g/mol. The Morgan fingerprint density at radius 3 is 2.22 bits per heavy atom. The predicted octanol–water partition coefficient (Wildman–Crippen LogP) is 4.45. The first kappa shape index (κ1) is 16.0. The van der Waals surface area contributed by atoms with Crippen LogP contribution in [0.5, 0.6) is 0 Å². The van der Waals surface area contributed by atoms with Crippen LogP contribution in [0.4, 0.5) is 0 Å². The first-order valence-corrected chi connectivity index (χ1v) is 8.07. The molecule has 2 nitrogen and oxygen atoms in total. The highest BCUT2D eigenvalue weighted by atomic mass is 16.5. The van der Waals surface area contributed by atoms with Gasteiger partial charge in [0, 0.05) is 6.61 Å². The summed E-state index contributed by atoms with van der Waals surface area (Å²) in [7, 11) is 0. The second kappa shape index (κ2) is 8.92. The van der Waals surface area contributed by atoms with Crippen molar-refractivity contribution in [1.29, 1.82) is 0 Å². The van der Waals surface area contributed by atoms with E-state index in [1.54, 1.807) is 0 Å². The lowest BCUT2D eigenvalue weighted by atomic mass is 9.90. The summed E-state index contributed by atoms with van der Waals surface area (Å²) in [5.41, 5.74) is -0.196. The highest BCUT2D eigenvalue weighted by molar-refractivity contribution is 4.92. The largest absolute Gasteiger partial charge is 0.390 e. The Kier molecular flexibility index (Phi) is 7.92. The molecule has 0 heterocycles. The summed E-state index contributed by atoms with van der Waals surface area (Å²) in [6.07, 6.45) is 13.0. The molecule has 1 saturated carbocycles. The van der Waals surface area contributed by atoms with Gasteiger partial charge in [-0.25, -0.2) is 0 Å². The molecule has 0 aliphatic heterocycles. The number of rotatable bonds is 10. The van der Waals surface area contributed by atoms with Crippen LogP contribution in [0.2, 0.25) is 0 Å². The van der Waals surface area contributed by atoms with Crippen molar-refractivity contribution in [3.63, 3.8) is 0 Å². The van der Waals surface area contributed by atoms with Gasteiger partial charge in [0.1, 0.15) is 0 Å². The van der Waals surface area contributed by atoms with Gasteiger partial charge in [0.05, 0.1) is 11.7 Å². The molecule has 18 heavy (non-hydrogen) atoms. The molecule has 1 rings (SSSR count). The first-order valence-electron chi connectivity index (χ1n) is 8.07. The van der Waals surface area contributed by atoms with E-state index in [1.165, 1.54) is 44.9 Å². The summed E-state index contributed by atoms with van der Waals surface area (Å²) in [4.78, 5) is 0. The quantitative estimate of drug-likeness (QED) is 0.585. The number of hydrogen-bond acceptors (Lipinski definition) is 2. The Hall–Kier alpha value is -0.0800. The van der Waals surface area contributed by atoms with E-state index >= 15 is 0 Å². The van der Waals surface area contributed by atoms with Crippen LogP contribution in [0.1, 0.15) is 84.5 Å². The maximum atomic E-state index is 10.4. The zero-order chi connectivity index (χ0) is 13.3. The SMILES string of the molecule is CCCCCCCCC(O)C1(OCC)CCCC1. The summed E-state index contributed by atoms with van der Waals surface area (Å²) in [5.74, 6) is 0. The summed E-state index contributed by atoms with van der Waals surface area (Å²) in [6.45, 7) is 5.01. The molecule has 0 aromatic heterocycles. The number of unbranched alkanes of at least 4 members (excludes halogenated alkanes) is 5. The molecule has 0 aromatic carbocycles. The third kappa shape index (κ3) is 4.89. The van der Waals surface area contributed by atoms with Crippen molar-refractivity contribution < 1.29 is 9.84 Å². The van der Waals surface area contributed by atoms with Gasteiger partial charge >= 0.3 is 0 Å². The Morgan fingerprint density at radius 2 is 1.61 bits per heavy atom. The molecule has 1 unspecified atom stereocenters. The lowest BCUT2D eigenvalue weighted by Crippen LogP contribution is -2.42. The van der Waals surface area contributed by atoms with Crippen LogP contribution in [0.25, 0.3) is 0 Å². The molecule has 2 heteroatoms. The molecule has 1 N–H and O–H groups in total. The van der Waals surface area contributed by atoms with Crippen molar-refractivity contribution in [2.75, 3.05) is 6.61 Å². The lowest BCUT2D eigenvalue weighted by Gasteiger charge is -2.34. The topological polar surface area (TPSA) is 29.5 Å². The average Bonchev–Trinajstić information content (AvgIpc) is 2.83. The third-order valence-corrected chi connectivity index (χ3v) is 4.32. The van der Waals surface area contributed by atoms with E-state index in [0.29, 0.717) is 0 Å². The van der Waals surface area contributed by atoms with Gasteiger partial charge in [-0.05, 0) is 26.2 Å². The third-order valence-electron chi connectivity index (χ3n) is 4.32. The van der Waals surface area contributed by atoms with E-state index in [-0.39, 0.29) is 11.7 Å². The van der Waals surface area contributed by atoms with Gasteiger partial charge in [-0.1, -0.05) is 58.3 Å². The Balaban J connectivity index is 2.19. The molecular formula is C16H32O2. The Bertz CT molecular complexity index is 197. The van der Waals surface area contributed by atoms with Crippen molar-refractivity contribution in [1.82, 2.24) is 0 Å². The van der Waals surface area contributed by atoms with E-state index < -0.39 is 0 Å². The molecule has 0 spiro atoms. The molecule has 1 aliphatic carbocycles. The number of aliphatic hydroxyl groups is 1. The summed E-state index contributed by atoms with van der Waals surface area (Å²) < 4.78 is 5.90. The van der Waals surface area contributed by atoms with Crippen LogP contribution in [-0.2, 0) is 4.74 Å². The van der Waals surface area contributed by atoms with E-state index in [2.05, 4.69) is 6.92 Å². The van der Waals surface area contributed by atoms with Gasteiger partial charge < -0.3 is 9.84 Å². The fourth-order valence-electron chi connectivity index (χ4n) is 3.22. The second-order valence-corrected chi connectivity index (χ2v) is 5.78. The monoisotopic (exact) mass is 256 g/mol. The highest BCUT2D eigenvalue weighted by Crippen LogP contribution is 2.37. The molecular weight excluding hydrogens is 224 g/mol. The molecule has 1 fully saturated rings. The fraction of sp³-hybridized carbons (Fsp3) is 1.00.